The highest BCUT2D eigenvalue weighted by Gasteiger charge is 2.13. The van der Waals surface area contributed by atoms with Gasteiger partial charge in [0.25, 0.3) is 0 Å². The largest absolute Gasteiger partial charge is 0.508 e. The van der Waals surface area contributed by atoms with Gasteiger partial charge < -0.3 is 10.4 Å². The van der Waals surface area contributed by atoms with Gasteiger partial charge in [0.15, 0.2) is 0 Å². The van der Waals surface area contributed by atoms with Crippen LogP contribution < -0.4 is 5.32 Å². The van der Waals surface area contributed by atoms with Gasteiger partial charge in [0.1, 0.15) is 22.7 Å². The Morgan fingerprint density at radius 3 is 2.46 bits per heavy atom. The second kappa shape index (κ2) is 5.94. The van der Waals surface area contributed by atoms with Crippen LogP contribution in [0, 0.1) is 6.92 Å². The Labute approximate surface area is 143 Å². The summed E-state index contributed by atoms with van der Waals surface area (Å²) < 4.78 is 0. The summed E-state index contributed by atoms with van der Waals surface area (Å²) in [6.45, 7) is 2.08. The normalized spacial score (nSPS) is 10.9. The lowest BCUT2D eigenvalue weighted by Crippen LogP contribution is -1.95. The second-order valence-corrected chi connectivity index (χ2v) is 6.45. The van der Waals surface area contributed by atoms with Gasteiger partial charge in [-0.3, -0.25) is 0 Å². The number of phenolic OH excluding ortho intramolecular Hbond substituents is 1. The van der Waals surface area contributed by atoms with E-state index in [1.807, 2.05) is 12.1 Å². The first-order chi connectivity index (χ1) is 11.7. The number of nitrogens with zero attached hydrogens (tertiary/aromatic N) is 2. The van der Waals surface area contributed by atoms with E-state index in [2.05, 4.69) is 51.9 Å². The Kier molecular flexibility index (Phi) is 3.63. The fraction of sp³-hybridized carbons (Fsp3) is 0.0526. The van der Waals surface area contributed by atoms with E-state index >= 15 is 0 Å². The van der Waals surface area contributed by atoms with E-state index in [0.717, 1.165) is 32.8 Å². The molecular weight excluding hydrogens is 318 g/mol. The van der Waals surface area contributed by atoms with Crippen molar-refractivity contribution in [3.8, 4) is 16.9 Å². The molecule has 0 unspecified atom stereocenters. The van der Waals surface area contributed by atoms with Crippen LogP contribution in [0.15, 0.2) is 60.2 Å². The van der Waals surface area contributed by atoms with Crippen LogP contribution >= 0.6 is 11.3 Å². The third-order valence-electron chi connectivity index (χ3n) is 3.86. The quantitative estimate of drug-likeness (QED) is 0.511. The summed E-state index contributed by atoms with van der Waals surface area (Å²) in [5.74, 6) is 1.01. The number of fused-ring (bicyclic) bond motifs is 1. The minimum atomic E-state index is 0.240. The molecule has 2 aromatic carbocycles. The van der Waals surface area contributed by atoms with Gasteiger partial charge >= 0.3 is 0 Å². The first-order valence-electron chi connectivity index (χ1n) is 7.56. The molecule has 0 atom stereocenters. The predicted octanol–water partition coefficient (Wildman–Crippen LogP) is 5.12. The van der Waals surface area contributed by atoms with Crippen molar-refractivity contribution >= 4 is 33.1 Å². The molecule has 2 aromatic heterocycles. The lowest BCUT2D eigenvalue weighted by atomic mass is 10.0. The van der Waals surface area contributed by atoms with Crippen LogP contribution in [0.4, 0.5) is 11.5 Å². The number of nitrogens with one attached hydrogen (secondary N) is 1. The van der Waals surface area contributed by atoms with Gasteiger partial charge in [-0.1, -0.05) is 29.8 Å². The van der Waals surface area contributed by atoms with Gasteiger partial charge in [0, 0.05) is 16.6 Å². The molecular formula is C19H15N3OS. The number of benzene rings is 2. The third-order valence-corrected chi connectivity index (χ3v) is 4.75. The van der Waals surface area contributed by atoms with E-state index in [4.69, 9.17) is 0 Å². The van der Waals surface area contributed by atoms with Crippen molar-refractivity contribution in [3.63, 3.8) is 0 Å². The zero-order valence-corrected chi connectivity index (χ0v) is 13.8. The van der Waals surface area contributed by atoms with Crippen molar-refractivity contribution in [2.45, 2.75) is 6.92 Å². The number of hydrogen-bond donors (Lipinski definition) is 2. The molecule has 0 fully saturated rings. The van der Waals surface area contributed by atoms with Crippen LogP contribution in [0.3, 0.4) is 0 Å². The van der Waals surface area contributed by atoms with Crippen molar-refractivity contribution in [3.05, 3.63) is 65.8 Å². The third kappa shape index (κ3) is 2.70. The molecule has 5 heteroatoms. The van der Waals surface area contributed by atoms with Crippen LogP contribution in [-0.2, 0) is 0 Å². The number of hydrogen-bond acceptors (Lipinski definition) is 5. The molecule has 0 spiro atoms. The highest BCUT2D eigenvalue weighted by molar-refractivity contribution is 7.17. The smallest absolute Gasteiger partial charge is 0.143 e. The maximum Gasteiger partial charge on any atom is 0.143 e. The number of rotatable bonds is 3. The van der Waals surface area contributed by atoms with Crippen LogP contribution in [0.5, 0.6) is 5.75 Å². The fourth-order valence-corrected chi connectivity index (χ4v) is 3.51. The number of aromatic hydroxyl groups is 1. The lowest BCUT2D eigenvalue weighted by Gasteiger charge is -2.08. The molecule has 4 nitrogen and oxygen atoms in total. The minimum Gasteiger partial charge on any atom is -0.508 e. The summed E-state index contributed by atoms with van der Waals surface area (Å²) in [6.07, 6.45) is 1.57. The molecule has 0 aliphatic carbocycles. The second-order valence-electron chi connectivity index (χ2n) is 5.59. The Balaban J connectivity index is 1.82. The Morgan fingerprint density at radius 2 is 1.71 bits per heavy atom. The first-order valence-corrected chi connectivity index (χ1v) is 8.44. The number of aromatic nitrogens is 2. The molecule has 0 aliphatic heterocycles. The molecule has 2 heterocycles. The zero-order valence-electron chi connectivity index (χ0n) is 13.0. The number of thiophene rings is 1. The van der Waals surface area contributed by atoms with E-state index in [-0.39, 0.29) is 5.75 Å². The number of anilines is 2. The summed E-state index contributed by atoms with van der Waals surface area (Å²) in [7, 11) is 0. The highest BCUT2D eigenvalue weighted by Crippen LogP contribution is 2.37. The van der Waals surface area contributed by atoms with Crippen LogP contribution in [0.2, 0.25) is 0 Å². The molecule has 0 bridgehead atoms. The average Bonchev–Trinajstić information content (AvgIpc) is 3.03. The molecule has 2 N–H and O–H groups in total. The van der Waals surface area contributed by atoms with E-state index in [9.17, 15) is 5.11 Å². The first kappa shape index (κ1) is 14.7. The maximum atomic E-state index is 9.42. The molecule has 0 aliphatic rings. The Morgan fingerprint density at radius 1 is 0.958 bits per heavy atom. The summed E-state index contributed by atoms with van der Waals surface area (Å²) in [5.41, 5.74) is 4.37. The van der Waals surface area contributed by atoms with Crippen LogP contribution in [0.25, 0.3) is 21.3 Å². The number of phenols is 1. The van der Waals surface area contributed by atoms with Crippen LogP contribution in [0.1, 0.15) is 5.56 Å². The highest BCUT2D eigenvalue weighted by atomic mass is 32.1. The summed E-state index contributed by atoms with van der Waals surface area (Å²) in [4.78, 5) is 9.76. The average molecular weight is 333 g/mol. The predicted molar refractivity (Wildman–Crippen MR) is 99.0 cm³/mol. The van der Waals surface area contributed by atoms with E-state index in [1.165, 1.54) is 5.56 Å². The Hall–Kier alpha value is -2.92. The monoisotopic (exact) mass is 333 g/mol. The Bertz CT molecular complexity index is 991. The van der Waals surface area contributed by atoms with Gasteiger partial charge in [-0.2, -0.15) is 0 Å². The molecule has 0 amide bonds. The summed E-state index contributed by atoms with van der Waals surface area (Å²) in [5, 5.41) is 15.9. The van der Waals surface area contributed by atoms with Crippen molar-refractivity contribution < 1.29 is 5.11 Å². The standard InChI is InChI=1S/C19H15N3OS/c1-12-2-4-13(5-3-12)16-10-24-19-17(16)18(20-11-21-19)22-14-6-8-15(23)9-7-14/h2-11,23H,1H3,(H,20,21,22). The maximum absolute atomic E-state index is 9.42. The van der Waals surface area contributed by atoms with Crippen molar-refractivity contribution in [1.82, 2.24) is 9.97 Å². The van der Waals surface area contributed by atoms with E-state index in [0.29, 0.717) is 0 Å². The number of aryl methyl sites for hydroxylation is 1. The van der Waals surface area contributed by atoms with Gasteiger partial charge in [0.05, 0.1) is 5.39 Å². The van der Waals surface area contributed by atoms with Gasteiger partial charge in [-0.05, 0) is 36.8 Å². The van der Waals surface area contributed by atoms with E-state index in [1.54, 1.807) is 29.8 Å². The zero-order chi connectivity index (χ0) is 16.5. The van der Waals surface area contributed by atoms with Crippen molar-refractivity contribution in [2.75, 3.05) is 5.32 Å². The molecule has 0 saturated heterocycles. The molecule has 4 aromatic rings. The van der Waals surface area contributed by atoms with Crippen molar-refractivity contribution in [1.29, 1.82) is 0 Å². The van der Waals surface area contributed by atoms with E-state index < -0.39 is 0 Å². The molecule has 118 valence electrons. The summed E-state index contributed by atoms with van der Waals surface area (Å²) >= 11 is 1.61. The SMILES string of the molecule is Cc1ccc(-c2csc3ncnc(Nc4ccc(O)cc4)c23)cc1. The van der Waals surface area contributed by atoms with Crippen molar-refractivity contribution in [2.24, 2.45) is 0 Å². The van der Waals surface area contributed by atoms with Gasteiger partial charge in [-0.25, -0.2) is 9.97 Å². The topological polar surface area (TPSA) is 58.0 Å². The fourth-order valence-electron chi connectivity index (χ4n) is 2.60. The molecule has 24 heavy (non-hydrogen) atoms. The lowest BCUT2D eigenvalue weighted by molar-refractivity contribution is 0.475. The van der Waals surface area contributed by atoms with Gasteiger partial charge in [-0.15, -0.1) is 11.3 Å². The molecule has 0 radical (unpaired) electrons. The van der Waals surface area contributed by atoms with Gasteiger partial charge in [0.2, 0.25) is 0 Å². The minimum absolute atomic E-state index is 0.240. The molecule has 4 rings (SSSR count). The summed E-state index contributed by atoms with van der Waals surface area (Å²) in [6, 6.07) is 15.4. The molecule has 0 saturated carbocycles. The van der Waals surface area contributed by atoms with Crippen LogP contribution in [-0.4, -0.2) is 15.1 Å².